The third-order valence-corrected chi connectivity index (χ3v) is 4.88. The quantitative estimate of drug-likeness (QED) is 0.788. The number of rotatable bonds is 3. The first-order valence-corrected chi connectivity index (χ1v) is 7.66. The normalized spacial score (nSPS) is 35.8. The van der Waals surface area contributed by atoms with Crippen molar-refractivity contribution in [2.24, 2.45) is 0 Å². The maximum absolute atomic E-state index is 11.8. The molecule has 0 aromatic heterocycles. The highest BCUT2D eigenvalue weighted by molar-refractivity contribution is 7.99. The predicted octanol–water partition coefficient (Wildman–Crippen LogP) is 1.53. The number of hydrogen-bond donors (Lipinski definition) is 2. The number of hydrogen-bond acceptors (Lipinski definition) is 3. The van der Waals surface area contributed by atoms with Crippen LogP contribution in [0.2, 0.25) is 0 Å². The van der Waals surface area contributed by atoms with Gasteiger partial charge in [0.15, 0.2) is 0 Å². The molecule has 2 rings (SSSR count). The molecular formula is C12H22N2OS. The maximum Gasteiger partial charge on any atom is 0.237 e. The van der Waals surface area contributed by atoms with Crippen LogP contribution in [0.4, 0.5) is 0 Å². The SMILES string of the molecule is CSC1CCCC1NC1CCCCNC1=O. The molecule has 1 heterocycles. The van der Waals surface area contributed by atoms with Crippen molar-refractivity contribution >= 4 is 17.7 Å². The molecule has 1 aliphatic carbocycles. The number of carbonyl (C=O) groups is 1. The summed E-state index contributed by atoms with van der Waals surface area (Å²) < 4.78 is 0. The summed E-state index contributed by atoms with van der Waals surface area (Å²) in [6.07, 6.45) is 9.30. The van der Waals surface area contributed by atoms with Crippen LogP contribution in [0, 0.1) is 0 Å². The first-order valence-electron chi connectivity index (χ1n) is 6.38. The first-order chi connectivity index (χ1) is 7.81. The van der Waals surface area contributed by atoms with Crippen molar-refractivity contribution in [3.8, 4) is 0 Å². The molecule has 0 aromatic rings. The van der Waals surface area contributed by atoms with Gasteiger partial charge in [0.1, 0.15) is 0 Å². The molecule has 1 saturated heterocycles. The van der Waals surface area contributed by atoms with E-state index in [1.807, 2.05) is 11.8 Å². The van der Waals surface area contributed by atoms with Crippen LogP contribution in [0.5, 0.6) is 0 Å². The summed E-state index contributed by atoms with van der Waals surface area (Å²) in [5, 5.41) is 7.27. The molecule has 3 unspecified atom stereocenters. The standard InChI is InChI=1S/C12H22N2OS/c1-16-11-7-4-6-9(11)14-10-5-2-3-8-13-12(10)15/h9-11,14H,2-8H2,1H3,(H,13,15). The molecule has 2 fully saturated rings. The Morgan fingerprint density at radius 1 is 1.25 bits per heavy atom. The Hall–Kier alpha value is -0.220. The Bertz CT molecular complexity index is 247. The van der Waals surface area contributed by atoms with Crippen molar-refractivity contribution in [3.05, 3.63) is 0 Å². The van der Waals surface area contributed by atoms with Gasteiger partial charge in [-0.15, -0.1) is 0 Å². The van der Waals surface area contributed by atoms with Crippen LogP contribution in [0.25, 0.3) is 0 Å². The van der Waals surface area contributed by atoms with E-state index in [2.05, 4.69) is 16.9 Å². The predicted molar refractivity (Wildman–Crippen MR) is 68.7 cm³/mol. The van der Waals surface area contributed by atoms with Gasteiger partial charge in [-0.25, -0.2) is 0 Å². The lowest BCUT2D eigenvalue weighted by Gasteiger charge is -2.24. The van der Waals surface area contributed by atoms with E-state index < -0.39 is 0 Å². The number of nitrogens with one attached hydrogen (secondary N) is 2. The molecule has 0 aromatic carbocycles. The average molecular weight is 242 g/mol. The second-order valence-electron chi connectivity index (χ2n) is 4.82. The minimum absolute atomic E-state index is 0.0558. The van der Waals surface area contributed by atoms with Gasteiger partial charge in [-0.2, -0.15) is 11.8 Å². The highest BCUT2D eigenvalue weighted by Gasteiger charge is 2.30. The van der Waals surface area contributed by atoms with Crippen LogP contribution in [0.15, 0.2) is 0 Å². The van der Waals surface area contributed by atoms with Gasteiger partial charge in [-0.1, -0.05) is 6.42 Å². The summed E-state index contributed by atoms with van der Waals surface area (Å²) in [5.74, 6) is 0.212. The molecule has 4 heteroatoms. The first kappa shape index (κ1) is 12.2. The summed E-state index contributed by atoms with van der Waals surface area (Å²) in [7, 11) is 0. The molecule has 16 heavy (non-hydrogen) atoms. The minimum Gasteiger partial charge on any atom is -0.355 e. The van der Waals surface area contributed by atoms with Crippen molar-refractivity contribution in [1.82, 2.24) is 10.6 Å². The highest BCUT2D eigenvalue weighted by Crippen LogP contribution is 2.29. The number of carbonyl (C=O) groups excluding carboxylic acids is 1. The van der Waals surface area contributed by atoms with Crippen LogP contribution in [-0.4, -0.2) is 36.0 Å². The van der Waals surface area contributed by atoms with Crippen molar-refractivity contribution in [1.29, 1.82) is 0 Å². The molecule has 3 nitrogen and oxygen atoms in total. The molecule has 1 amide bonds. The van der Waals surface area contributed by atoms with E-state index in [1.54, 1.807) is 0 Å². The topological polar surface area (TPSA) is 41.1 Å². The Kier molecular flexibility index (Phi) is 4.53. The Morgan fingerprint density at radius 3 is 2.94 bits per heavy atom. The lowest BCUT2D eigenvalue weighted by Crippen LogP contribution is -2.49. The van der Waals surface area contributed by atoms with Crippen LogP contribution in [-0.2, 0) is 4.79 Å². The largest absolute Gasteiger partial charge is 0.355 e. The second-order valence-corrected chi connectivity index (χ2v) is 5.89. The van der Waals surface area contributed by atoms with E-state index in [0.29, 0.717) is 11.3 Å². The molecule has 0 bridgehead atoms. The van der Waals surface area contributed by atoms with E-state index in [0.717, 1.165) is 25.8 Å². The van der Waals surface area contributed by atoms with E-state index in [-0.39, 0.29) is 11.9 Å². The monoisotopic (exact) mass is 242 g/mol. The zero-order chi connectivity index (χ0) is 11.4. The van der Waals surface area contributed by atoms with Gasteiger partial charge in [0.25, 0.3) is 0 Å². The third-order valence-electron chi connectivity index (χ3n) is 3.71. The van der Waals surface area contributed by atoms with E-state index in [4.69, 9.17) is 0 Å². The minimum atomic E-state index is 0.0558. The summed E-state index contributed by atoms with van der Waals surface area (Å²) in [6, 6.07) is 0.601. The van der Waals surface area contributed by atoms with Crippen molar-refractivity contribution < 1.29 is 4.79 Å². The van der Waals surface area contributed by atoms with Gasteiger partial charge >= 0.3 is 0 Å². The fraction of sp³-hybridized carbons (Fsp3) is 0.917. The van der Waals surface area contributed by atoms with Crippen LogP contribution >= 0.6 is 11.8 Å². The summed E-state index contributed by atoms with van der Waals surface area (Å²) >= 11 is 1.94. The van der Waals surface area contributed by atoms with Crippen molar-refractivity contribution in [3.63, 3.8) is 0 Å². The second kappa shape index (κ2) is 5.92. The fourth-order valence-electron chi connectivity index (χ4n) is 2.76. The molecule has 1 aliphatic heterocycles. The van der Waals surface area contributed by atoms with Gasteiger partial charge in [0, 0.05) is 17.8 Å². The average Bonchev–Trinajstić information content (AvgIpc) is 2.64. The molecule has 1 saturated carbocycles. The van der Waals surface area contributed by atoms with E-state index >= 15 is 0 Å². The fourth-order valence-corrected chi connectivity index (χ4v) is 3.70. The van der Waals surface area contributed by atoms with Crippen molar-refractivity contribution in [2.75, 3.05) is 12.8 Å². The number of amides is 1. The van der Waals surface area contributed by atoms with E-state index in [1.165, 1.54) is 19.3 Å². The molecule has 2 N–H and O–H groups in total. The van der Waals surface area contributed by atoms with Crippen LogP contribution in [0.1, 0.15) is 38.5 Å². The van der Waals surface area contributed by atoms with Gasteiger partial charge in [-0.3, -0.25) is 4.79 Å². The molecule has 0 spiro atoms. The summed E-state index contributed by atoms with van der Waals surface area (Å²) in [5.41, 5.74) is 0. The Balaban J connectivity index is 1.89. The zero-order valence-corrected chi connectivity index (χ0v) is 10.8. The molecular weight excluding hydrogens is 220 g/mol. The number of thioether (sulfide) groups is 1. The smallest absolute Gasteiger partial charge is 0.237 e. The van der Waals surface area contributed by atoms with Crippen molar-refractivity contribution in [2.45, 2.75) is 55.9 Å². The zero-order valence-electron chi connectivity index (χ0n) is 10.00. The summed E-state index contributed by atoms with van der Waals surface area (Å²) in [6.45, 7) is 0.855. The van der Waals surface area contributed by atoms with Gasteiger partial charge in [-0.05, 0) is 38.4 Å². The Morgan fingerprint density at radius 2 is 2.12 bits per heavy atom. The summed E-state index contributed by atoms with van der Waals surface area (Å²) in [4.78, 5) is 11.8. The third kappa shape index (κ3) is 2.92. The van der Waals surface area contributed by atoms with E-state index in [9.17, 15) is 4.79 Å². The molecule has 3 atom stereocenters. The lowest BCUT2D eigenvalue weighted by atomic mass is 10.1. The Labute approximate surface area is 102 Å². The van der Waals surface area contributed by atoms with Gasteiger partial charge in [0.05, 0.1) is 6.04 Å². The maximum atomic E-state index is 11.8. The van der Waals surface area contributed by atoms with Gasteiger partial charge < -0.3 is 10.6 Å². The van der Waals surface area contributed by atoms with Crippen LogP contribution in [0.3, 0.4) is 0 Å². The molecule has 92 valence electrons. The van der Waals surface area contributed by atoms with Gasteiger partial charge in [0.2, 0.25) is 5.91 Å². The molecule has 2 aliphatic rings. The van der Waals surface area contributed by atoms with Crippen LogP contribution < -0.4 is 10.6 Å². The highest BCUT2D eigenvalue weighted by atomic mass is 32.2. The molecule has 0 radical (unpaired) electrons. The lowest BCUT2D eigenvalue weighted by molar-refractivity contribution is -0.123.